The van der Waals surface area contributed by atoms with Crippen LogP contribution in [-0.4, -0.2) is 23.1 Å². The normalized spacial score (nSPS) is 14.1. The predicted octanol–water partition coefficient (Wildman–Crippen LogP) is 1.60. The number of hydrogen-bond acceptors (Lipinski definition) is 3. The zero-order chi connectivity index (χ0) is 11.1. The molecule has 0 aliphatic heterocycles. The fourth-order valence-electron chi connectivity index (χ4n) is 0.894. The molecular formula is C10H16O4. The van der Waals surface area contributed by atoms with Gasteiger partial charge in [0.25, 0.3) is 0 Å². The average molecular weight is 200 g/mol. The van der Waals surface area contributed by atoms with Crippen molar-refractivity contribution in [3.63, 3.8) is 0 Å². The third-order valence-corrected chi connectivity index (χ3v) is 1.84. The summed E-state index contributed by atoms with van der Waals surface area (Å²) in [5.41, 5.74) is 0. The first-order valence-corrected chi connectivity index (χ1v) is 4.56. The molecule has 4 heteroatoms. The van der Waals surface area contributed by atoms with Gasteiger partial charge in [0.05, 0.1) is 5.92 Å². The molecule has 4 nitrogen and oxygen atoms in total. The molecule has 0 heterocycles. The Morgan fingerprint density at radius 2 is 2.14 bits per heavy atom. The predicted molar refractivity (Wildman–Crippen MR) is 51.8 cm³/mol. The van der Waals surface area contributed by atoms with Gasteiger partial charge in [-0.25, -0.2) is 0 Å². The molecule has 0 saturated heterocycles. The molecule has 0 aromatic heterocycles. The van der Waals surface area contributed by atoms with Gasteiger partial charge in [-0.2, -0.15) is 0 Å². The van der Waals surface area contributed by atoms with E-state index in [0.29, 0.717) is 0 Å². The van der Waals surface area contributed by atoms with E-state index in [9.17, 15) is 9.59 Å². The Morgan fingerprint density at radius 3 is 2.50 bits per heavy atom. The Balaban J connectivity index is 4.09. The van der Waals surface area contributed by atoms with Crippen LogP contribution in [0.2, 0.25) is 0 Å². The van der Waals surface area contributed by atoms with Crippen LogP contribution in [0.25, 0.3) is 0 Å². The van der Waals surface area contributed by atoms with Gasteiger partial charge in [-0.1, -0.05) is 26.5 Å². The summed E-state index contributed by atoms with van der Waals surface area (Å²) in [5, 5.41) is 8.64. The molecule has 0 aromatic rings. The minimum absolute atomic E-state index is 0.268. The highest BCUT2D eigenvalue weighted by atomic mass is 16.5. The van der Waals surface area contributed by atoms with Gasteiger partial charge >= 0.3 is 11.9 Å². The van der Waals surface area contributed by atoms with Crippen molar-refractivity contribution in [1.29, 1.82) is 0 Å². The van der Waals surface area contributed by atoms with Crippen LogP contribution < -0.4 is 0 Å². The summed E-state index contributed by atoms with van der Waals surface area (Å²) in [5.74, 6) is -1.78. The van der Waals surface area contributed by atoms with Gasteiger partial charge in [-0.05, 0) is 0 Å². The third-order valence-electron chi connectivity index (χ3n) is 1.84. The molecule has 0 aromatic carbocycles. The number of aliphatic carboxylic acids is 1. The minimum atomic E-state index is -0.899. The van der Waals surface area contributed by atoms with Gasteiger partial charge in [-0.15, -0.1) is 0 Å². The minimum Gasteiger partial charge on any atom is -0.481 e. The van der Waals surface area contributed by atoms with Crippen molar-refractivity contribution in [3.8, 4) is 0 Å². The van der Waals surface area contributed by atoms with Crippen molar-refractivity contribution in [2.45, 2.75) is 32.8 Å². The summed E-state index contributed by atoms with van der Waals surface area (Å²) in [6, 6.07) is 0. The standard InChI is InChI=1S/C10H16O4/c1-4-8(14-9(11)5-2)6-7(3)10(12)13/h4,7-8H,1,5-6H2,2-3H3,(H,12,13). The Hall–Kier alpha value is -1.32. The van der Waals surface area contributed by atoms with E-state index in [4.69, 9.17) is 9.84 Å². The number of carbonyl (C=O) groups excluding carboxylic acids is 1. The van der Waals surface area contributed by atoms with Crippen LogP contribution in [0, 0.1) is 5.92 Å². The number of esters is 1. The van der Waals surface area contributed by atoms with Crippen molar-refractivity contribution in [1.82, 2.24) is 0 Å². The SMILES string of the molecule is C=CC(CC(C)C(=O)O)OC(=O)CC. The van der Waals surface area contributed by atoms with Gasteiger partial charge in [0, 0.05) is 12.8 Å². The highest BCUT2D eigenvalue weighted by Crippen LogP contribution is 2.11. The second kappa shape index (κ2) is 6.18. The number of carbonyl (C=O) groups is 2. The molecule has 0 spiro atoms. The number of carboxylic acids is 1. The van der Waals surface area contributed by atoms with E-state index in [1.165, 1.54) is 6.08 Å². The van der Waals surface area contributed by atoms with Gasteiger partial charge in [-0.3, -0.25) is 9.59 Å². The molecule has 0 fully saturated rings. The van der Waals surface area contributed by atoms with E-state index in [2.05, 4.69) is 6.58 Å². The van der Waals surface area contributed by atoms with Gasteiger partial charge in [0.1, 0.15) is 6.10 Å². The summed E-state index contributed by atoms with van der Waals surface area (Å²) < 4.78 is 4.95. The number of hydrogen-bond donors (Lipinski definition) is 1. The second-order valence-corrected chi connectivity index (χ2v) is 3.09. The lowest BCUT2D eigenvalue weighted by molar-refractivity contribution is -0.150. The maximum absolute atomic E-state index is 10.9. The van der Waals surface area contributed by atoms with Crippen molar-refractivity contribution < 1.29 is 19.4 Å². The van der Waals surface area contributed by atoms with Gasteiger partial charge < -0.3 is 9.84 Å². The third kappa shape index (κ3) is 4.64. The van der Waals surface area contributed by atoms with Crippen molar-refractivity contribution in [2.75, 3.05) is 0 Å². The molecule has 2 unspecified atom stereocenters. The Morgan fingerprint density at radius 1 is 1.57 bits per heavy atom. The summed E-state index contributed by atoms with van der Waals surface area (Å²) >= 11 is 0. The van der Waals surface area contributed by atoms with Crippen LogP contribution in [0.1, 0.15) is 26.7 Å². The first-order chi connectivity index (χ1) is 6.51. The van der Waals surface area contributed by atoms with E-state index < -0.39 is 18.0 Å². The lowest BCUT2D eigenvalue weighted by Crippen LogP contribution is -2.21. The largest absolute Gasteiger partial charge is 0.481 e. The van der Waals surface area contributed by atoms with E-state index in [1.54, 1.807) is 13.8 Å². The molecule has 80 valence electrons. The fraction of sp³-hybridized carbons (Fsp3) is 0.600. The first kappa shape index (κ1) is 12.7. The van der Waals surface area contributed by atoms with Crippen LogP contribution >= 0.6 is 0 Å². The van der Waals surface area contributed by atoms with Crippen LogP contribution in [0.5, 0.6) is 0 Å². The lowest BCUT2D eigenvalue weighted by Gasteiger charge is -2.15. The Labute approximate surface area is 83.6 Å². The monoisotopic (exact) mass is 200 g/mol. The Kier molecular flexibility index (Phi) is 5.60. The first-order valence-electron chi connectivity index (χ1n) is 4.56. The van der Waals surface area contributed by atoms with Crippen LogP contribution in [-0.2, 0) is 14.3 Å². The summed E-state index contributed by atoms with van der Waals surface area (Å²) in [7, 11) is 0. The maximum atomic E-state index is 10.9. The van der Waals surface area contributed by atoms with E-state index in [-0.39, 0.29) is 18.8 Å². The smallest absolute Gasteiger partial charge is 0.306 e. The van der Waals surface area contributed by atoms with Crippen molar-refractivity contribution in [2.24, 2.45) is 5.92 Å². The maximum Gasteiger partial charge on any atom is 0.306 e. The molecule has 0 amide bonds. The topological polar surface area (TPSA) is 63.6 Å². The van der Waals surface area contributed by atoms with E-state index >= 15 is 0 Å². The molecule has 0 aliphatic carbocycles. The van der Waals surface area contributed by atoms with Crippen molar-refractivity contribution >= 4 is 11.9 Å². The molecule has 0 radical (unpaired) electrons. The molecule has 0 rings (SSSR count). The number of carboxylic acid groups (broad SMARTS) is 1. The van der Waals surface area contributed by atoms with E-state index in [1.807, 2.05) is 0 Å². The van der Waals surface area contributed by atoms with Gasteiger partial charge in [0.15, 0.2) is 0 Å². The van der Waals surface area contributed by atoms with Crippen LogP contribution in [0.3, 0.4) is 0 Å². The molecule has 0 aliphatic rings. The molecule has 14 heavy (non-hydrogen) atoms. The van der Waals surface area contributed by atoms with Gasteiger partial charge in [0.2, 0.25) is 0 Å². The molecule has 0 bridgehead atoms. The summed E-state index contributed by atoms with van der Waals surface area (Å²) in [6.07, 6.45) is 1.50. The highest BCUT2D eigenvalue weighted by molar-refractivity contribution is 5.70. The average Bonchev–Trinajstić information content (AvgIpc) is 2.16. The Bertz CT molecular complexity index is 222. The van der Waals surface area contributed by atoms with Crippen LogP contribution in [0.15, 0.2) is 12.7 Å². The van der Waals surface area contributed by atoms with Crippen LogP contribution in [0.4, 0.5) is 0 Å². The fourth-order valence-corrected chi connectivity index (χ4v) is 0.894. The number of ether oxygens (including phenoxy) is 1. The quantitative estimate of drug-likeness (QED) is 0.522. The zero-order valence-corrected chi connectivity index (χ0v) is 8.53. The van der Waals surface area contributed by atoms with Crippen molar-refractivity contribution in [3.05, 3.63) is 12.7 Å². The highest BCUT2D eigenvalue weighted by Gasteiger charge is 2.18. The van der Waals surface area contributed by atoms with E-state index in [0.717, 1.165) is 0 Å². The second-order valence-electron chi connectivity index (χ2n) is 3.09. The summed E-state index contributed by atoms with van der Waals surface area (Å²) in [4.78, 5) is 21.4. The summed E-state index contributed by atoms with van der Waals surface area (Å²) in [6.45, 7) is 6.74. The molecule has 1 N–H and O–H groups in total. The zero-order valence-electron chi connectivity index (χ0n) is 8.53. The lowest BCUT2D eigenvalue weighted by atomic mass is 10.0. The molecular weight excluding hydrogens is 184 g/mol. The number of rotatable bonds is 6. The molecule has 2 atom stereocenters. The molecule has 0 saturated carbocycles.